The fourth-order valence-corrected chi connectivity index (χ4v) is 5.88. The number of sulfonamides is 1. The molecule has 0 bridgehead atoms. The summed E-state index contributed by atoms with van der Waals surface area (Å²) in [7, 11) is -3.82. The van der Waals surface area contributed by atoms with Crippen LogP contribution in [0, 0.1) is 12.8 Å². The fourth-order valence-electron chi connectivity index (χ4n) is 4.18. The summed E-state index contributed by atoms with van der Waals surface area (Å²) in [5, 5.41) is 3.40. The van der Waals surface area contributed by atoms with E-state index < -0.39 is 15.9 Å². The van der Waals surface area contributed by atoms with Gasteiger partial charge in [-0.05, 0) is 56.4 Å². The van der Waals surface area contributed by atoms with Crippen LogP contribution in [0.15, 0.2) is 35.4 Å². The Labute approximate surface area is 193 Å². The number of hydrogen-bond acceptors (Lipinski definition) is 4. The molecule has 2 aliphatic heterocycles. The molecule has 172 valence electrons. The van der Waals surface area contributed by atoms with Gasteiger partial charge in [-0.3, -0.25) is 9.59 Å². The van der Waals surface area contributed by atoms with Crippen LogP contribution in [0.3, 0.4) is 0 Å². The Bertz CT molecular complexity index is 1120. The highest BCUT2D eigenvalue weighted by Gasteiger charge is 2.34. The minimum Gasteiger partial charge on any atom is -0.356 e. The van der Waals surface area contributed by atoms with Crippen LogP contribution in [-0.4, -0.2) is 60.6 Å². The van der Waals surface area contributed by atoms with Crippen molar-refractivity contribution in [1.29, 1.82) is 0 Å². The number of anilines is 1. The van der Waals surface area contributed by atoms with E-state index in [9.17, 15) is 18.0 Å². The SMILES string of the molecule is Cc1ccc(NC(=O)[C@@H]2CCCN(S(=O)(=O)c3c[nH]c(C(=O)N4CCCC4)c3)C2)cc1Cl. The van der Waals surface area contributed by atoms with E-state index in [2.05, 4.69) is 10.3 Å². The summed E-state index contributed by atoms with van der Waals surface area (Å²) in [4.78, 5) is 29.9. The Hall–Kier alpha value is -2.36. The number of likely N-dealkylation sites (tertiary alicyclic amines) is 1. The first kappa shape index (κ1) is 22.8. The van der Waals surface area contributed by atoms with E-state index in [4.69, 9.17) is 11.6 Å². The zero-order chi connectivity index (χ0) is 22.9. The molecule has 1 aromatic carbocycles. The van der Waals surface area contributed by atoms with Gasteiger partial charge in [-0.15, -0.1) is 0 Å². The van der Waals surface area contributed by atoms with Crippen LogP contribution in [0.4, 0.5) is 5.69 Å². The monoisotopic (exact) mass is 478 g/mol. The molecule has 4 rings (SSSR count). The van der Waals surface area contributed by atoms with Crippen LogP contribution in [0.25, 0.3) is 0 Å². The third-order valence-corrected chi connectivity index (χ3v) is 8.36. The lowest BCUT2D eigenvalue weighted by Gasteiger charge is -2.31. The average molecular weight is 479 g/mol. The second-order valence-corrected chi connectivity index (χ2v) is 10.7. The normalized spacial score (nSPS) is 19.8. The maximum Gasteiger partial charge on any atom is 0.270 e. The van der Waals surface area contributed by atoms with E-state index in [0.717, 1.165) is 18.4 Å². The number of H-pyrrole nitrogens is 1. The molecule has 0 radical (unpaired) electrons. The number of aromatic amines is 1. The van der Waals surface area contributed by atoms with Gasteiger partial charge in [0.1, 0.15) is 10.6 Å². The van der Waals surface area contributed by atoms with Crippen molar-refractivity contribution in [3.05, 3.63) is 46.7 Å². The van der Waals surface area contributed by atoms with Crippen LogP contribution in [0.2, 0.25) is 5.02 Å². The number of benzene rings is 1. The topological polar surface area (TPSA) is 103 Å². The van der Waals surface area contributed by atoms with Crippen LogP contribution in [-0.2, 0) is 14.8 Å². The molecule has 2 amide bonds. The van der Waals surface area contributed by atoms with Crippen molar-refractivity contribution < 1.29 is 18.0 Å². The number of amides is 2. The lowest BCUT2D eigenvalue weighted by Crippen LogP contribution is -2.43. The summed E-state index contributed by atoms with van der Waals surface area (Å²) in [5.41, 5.74) is 1.77. The van der Waals surface area contributed by atoms with E-state index in [1.807, 2.05) is 13.0 Å². The predicted octanol–water partition coefficient (Wildman–Crippen LogP) is 3.25. The highest BCUT2D eigenvalue weighted by molar-refractivity contribution is 7.89. The summed E-state index contributed by atoms with van der Waals surface area (Å²) in [5.74, 6) is -0.886. The van der Waals surface area contributed by atoms with Gasteiger partial charge < -0.3 is 15.2 Å². The third-order valence-electron chi connectivity index (χ3n) is 6.11. The molecular weight excluding hydrogens is 452 g/mol. The average Bonchev–Trinajstić information content (AvgIpc) is 3.49. The highest BCUT2D eigenvalue weighted by Crippen LogP contribution is 2.27. The number of carbonyl (C=O) groups excluding carboxylic acids is 2. The van der Waals surface area contributed by atoms with Gasteiger partial charge in [0, 0.05) is 43.1 Å². The summed E-state index contributed by atoms with van der Waals surface area (Å²) in [6.45, 7) is 3.68. The van der Waals surface area contributed by atoms with Gasteiger partial charge in [-0.2, -0.15) is 4.31 Å². The number of hydrogen-bond donors (Lipinski definition) is 2. The largest absolute Gasteiger partial charge is 0.356 e. The van der Waals surface area contributed by atoms with Gasteiger partial charge in [0.15, 0.2) is 0 Å². The smallest absolute Gasteiger partial charge is 0.270 e. The number of rotatable bonds is 5. The minimum atomic E-state index is -3.82. The molecule has 1 atom stereocenters. The molecule has 0 aliphatic carbocycles. The van der Waals surface area contributed by atoms with E-state index in [-0.39, 0.29) is 28.9 Å². The number of aryl methyl sites for hydroxylation is 1. The lowest BCUT2D eigenvalue weighted by atomic mass is 9.98. The molecule has 8 nitrogen and oxygen atoms in total. The molecule has 3 heterocycles. The molecule has 2 aromatic rings. The van der Waals surface area contributed by atoms with E-state index in [0.29, 0.717) is 43.2 Å². The maximum atomic E-state index is 13.2. The van der Waals surface area contributed by atoms with Gasteiger partial charge in [0.25, 0.3) is 5.91 Å². The zero-order valence-electron chi connectivity index (χ0n) is 17.9. The molecule has 0 saturated carbocycles. The number of piperidine rings is 1. The second kappa shape index (κ2) is 9.25. The molecule has 0 unspecified atom stereocenters. The van der Waals surface area contributed by atoms with Crippen molar-refractivity contribution >= 4 is 39.1 Å². The Morgan fingerprint density at radius 2 is 1.88 bits per heavy atom. The Morgan fingerprint density at radius 1 is 1.12 bits per heavy atom. The summed E-state index contributed by atoms with van der Waals surface area (Å²) in [6.07, 6.45) is 4.46. The molecule has 2 N–H and O–H groups in total. The van der Waals surface area contributed by atoms with E-state index in [1.165, 1.54) is 16.6 Å². The van der Waals surface area contributed by atoms with Crippen molar-refractivity contribution in [1.82, 2.24) is 14.2 Å². The predicted molar refractivity (Wildman–Crippen MR) is 122 cm³/mol. The summed E-state index contributed by atoms with van der Waals surface area (Å²) >= 11 is 6.13. The van der Waals surface area contributed by atoms with Crippen molar-refractivity contribution in [2.75, 3.05) is 31.5 Å². The lowest BCUT2D eigenvalue weighted by molar-refractivity contribution is -0.120. The zero-order valence-corrected chi connectivity index (χ0v) is 19.5. The molecular formula is C22H27ClN4O4S. The van der Waals surface area contributed by atoms with Gasteiger partial charge >= 0.3 is 0 Å². The van der Waals surface area contributed by atoms with Crippen LogP contribution in [0.1, 0.15) is 41.7 Å². The van der Waals surface area contributed by atoms with Gasteiger partial charge in [-0.1, -0.05) is 17.7 Å². The van der Waals surface area contributed by atoms with Crippen molar-refractivity contribution in [2.45, 2.75) is 37.5 Å². The van der Waals surface area contributed by atoms with Gasteiger partial charge in [-0.25, -0.2) is 8.42 Å². The number of nitrogens with one attached hydrogen (secondary N) is 2. The first-order chi connectivity index (χ1) is 15.3. The van der Waals surface area contributed by atoms with E-state index >= 15 is 0 Å². The molecule has 2 saturated heterocycles. The van der Waals surface area contributed by atoms with Crippen molar-refractivity contribution in [3.8, 4) is 0 Å². The number of aromatic nitrogens is 1. The summed E-state index contributed by atoms with van der Waals surface area (Å²) in [6, 6.07) is 6.68. The second-order valence-electron chi connectivity index (χ2n) is 8.40. The Balaban J connectivity index is 1.44. The van der Waals surface area contributed by atoms with E-state index in [1.54, 1.807) is 17.0 Å². The van der Waals surface area contributed by atoms with Crippen LogP contribution < -0.4 is 5.32 Å². The van der Waals surface area contributed by atoms with Crippen LogP contribution >= 0.6 is 11.6 Å². The van der Waals surface area contributed by atoms with Gasteiger partial charge in [0.05, 0.1) is 5.92 Å². The van der Waals surface area contributed by atoms with Crippen LogP contribution in [0.5, 0.6) is 0 Å². The van der Waals surface area contributed by atoms with Gasteiger partial charge in [0.2, 0.25) is 15.9 Å². The molecule has 0 spiro atoms. The highest BCUT2D eigenvalue weighted by atomic mass is 35.5. The third kappa shape index (κ3) is 4.69. The minimum absolute atomic E-state index is 0.0476. The molecule has 10 heteroatoms. The molecule has 32 heavy (non-hydrogen) atoms. The Morgan fingerprint density at radius 3 is 2.59 bits per heavy atom. The molecule has 2 fully saturated rings. The fraction of sp³-hybridized carbons (Fsp3) is 0.455. The van der Waals surface area contributed by atoms with Crippen molar-refractivity contribution in [3.63, 3.8) is 0 Å². The number of carbonyl (C=O) groups is 2. The molecule has 1 aromatic heterocycles. The maximum absolute atomic E-state index is 13.2. The summed E-state index contributed by atoms with van der Waals surface area (Å²) < 4.78 is 27.7. The quantitative estimate of drug-likeness (QED) is 0.688. The Kier molecular flexibility index (Phi) is 6.60. The number of halogens is 1. The first-order valence-corrected chi connectivity index (χ1v) is 12.6. The number of nitrogens with zero attached hydrogens (tertiary/aromatic N) is 2. The molecule has 2 aliphatic rings. The van der Waals surface area contributed by atoms with Crippen molar-refractivity contribution in [2.24, 2.45) is 5.92 Å². The first-order valence-electron chi connectivity index (χ1n) is 10.8. The standard InChI is InChI=1S/C22H27ClN4O4S/c1-15-6-7-17(11-19(15)23)25-21(28)16-5-4-10-27(14-16)32(30,31)18-12-20(24-13-18)22(29)26-8-2-3-9-26/h6-7,11-13,16,24H,2-5,8-10,14H2,1H3,(H,25,28)/t16-/m1/s1.